The van der Waals surface area contributed by atoms with E-state index in [9.17, 15) is 10.2 Å². The summed E-state index contributed by atoms with van der Waals surface area (Å²) < 4.78 is 29.4. The Morgan fingerprint density at radius 3 is 2.42 bits per heavy atom. The zero-order chi connectivity index (χ0) is 25.8. The number of imidazole rings is 1. The van der Waals surface area contributed by atoms with E-state index < -0.39 is 24.5 Å². The average molecular weight is 504 g/mol. The minimum absolute atomic E-state index is 0.184. The van der Waals surface area contributed by atoms with Crippen LogP contribution in [0.1, 0.15) is 38.1 Å². The molecule has 0 radical (unpaired) electrons. The van der Waals surface area contributed by atoms with Gasteiger partial charge in [-0.15, -0.1) is 0 Å². The maximum absolute atomic E-state index is 10.6. The number of methoxy groups -OCH3 is 3. The summed E-state index contributed by atoms with van der Waals surface area (Å²) in [5, 5.41) is 24.5. The lowest BCUT2D eigenvalue weighted by Gasteiger charge is -2.19. The molecule has 196 valence electrons. The van der Waals surface area contributed by atoms with E-state index in [1.165, 1.54) is 12.7 Å². The van der Waals surface area contributed by atoms with Crippen LogP contribution < -0.4 is 19.5 Å². The third-order valence-electron chi connectivity index (χ3n) is 6.14. The molecule has 12 heteroatoms. The van der Waals surface area contributed by atoms with Gasteiger partial charge in [-0.2, -0.15) is 0 Å². The van der Waals surface area contributed by atoms with Gasteiger partial charge in [0.1, 0.15) is 24.6 Å². The molecule has 0 spiro atoms. The van der Waals surface area contributed by atoms with Crippen molar-refractivity contribution in [2.45, 2.75) is 50.8 Å². The molecule has 2 aromatic heterocycles. The fourth-order valence-electron chi connectivity index (χ4n) is 4.22. The first-order chi connectivity index (χ1) is 17.4. The number of aliphatic hydroxyl groups is 2. The van der Waals surface area contributed by atoms with Crippen molar-refractivity contribution >= 4 is 17.0 Å². The number of anilines is 1. The largest absolute Gasteiger partial charge is 0.493 e. The van der Waals surface area contributed by atoms with Gasteiger partial charge in [0.15, 0.2) is 34.7 Å². The van der Waals surface area contributed by atoms with Crippen LogP contribution in [0.15, 0.2) is 24.8 Å². The topological polar surface area (TPSA) is 142 Å². The van der Waals surface area contributed by atoms with Gasteiger partial charge in [0.2, 0.25) is 5.75 Å². The van der Waals surface area contributed by atoms with Crippen LogP contribution in [0.3, 0.4) is 0 Å². The first-order valence-corrected chi connectivity index (χ1v) is 11.8. The minimum atomic E-state index is -1.16. The molecule has 1 saturated heterocycles. The smallest absolute Gasteiger partial charge is 0.203 e. The van der Waals surface area contributed by atoms with Crippen molar-refractivity contribution in [2.75, 3.05) is 39.9 Å². The van der Waals surface area contributed by atoms with Gasteiger partial charge in [-0.05, 0) is 31.0 Å². The van der Waals surface area contributed by atoms with Crippen molar-refractivity contribution in [3.8, 4) is 17.2 Å². The summed E-state index contributed by atoms with van der Waals surface area (Å²) in [6.07, 6.45) is -0.00762. The molecule has 36 heavy (non-hydrogen) atoms. The normalized spacial score (nSPS) is 22.5. The zero-order valence-electron chi connectivity index (χ0n) is 21.0. The molecule has 3 aromatic rings. The average Bonchev–Trinajstić information content (AvgIpc) is 3.44. The molecule has 4 rings (SSSR count). The number of nitrogens with zero attached hydrogens (tertiary/aromatic N) is 4. The third-order valence-corrected chi connectivity index (χ3v) is 6.14. The highest BCUT2D eigenvalue weighted by atomic mass is 16.6. The van der Waals surface area contributed by atoms with Crippen LogP contribution in [0.4, 0.5) is 5.82 Å². The number of hydrogen-bond acceptors (Lipinski definition) is 11. The number of ether oxygens (including phenoxy) is 5. The Labute approximate surface area is 209 Å². The maximum atomic E-state index is 10.6. The number of hydrogen-bond donors (Lipinski definition) is 3. The molecule has 5 atom stereocenters. The third kappa shape index (κ3) is 4.89. The second-order valence-electron chi connectivity index (χ2n) is 8.49. The van der Waals surface area contributed by atoms with E-state index in [0.29, 0.717) is 40.8 Å². The second kappa shape index (κ2) is 11.2. The van der Waals surface area contributed by atoms with Gasteiger partial charge in [0.05, 0.1) is 40.3 Å². The number of aliphatic hydroxyl groups excluding tert-OH is 2. The Hall–Kier alpha value is -3.19. The van der Waals surface area contributed by atoms with Gasteiger partial charge < -0.3 is 39.2 Å². The summed E-state index contributed by atoms with van der Waals surface area (Å²) >= 11 is 0. The monoisotopic (exact) mass is 503 g/mol. The van der Waals surface area contributed by atoms with Crippen molar-refractivity contribution in [3.63, 3.8) is 0 Å². The Morgan fingerprint density at radius 1 is 1.06 bits per heavy atom. The quantitative estimate of drug-likeness (QED) is 0.331. The molecule has 2 unspecified atom stereocenters. The number of benzene rings is 1. The summed E-state index contributed by atoms with van der Waals surface area (Å²) in [5.74, 6) is 2.09. The summed E-state index contributed by atoms with van der Waals surface area (Å²) in [7, 11) is 4.69. The lowest BCUT2D eigenvalue weighted by molar-refractivity contribution is -0.0652. The zero-order valence-corrected chi connectivity index (χ0v) is 21.0. The van der Waals surface area contributed by atoms with E-state index in [2.05, 4.69) is 20.3 Å². The van der Waals surface area contributed by atoms with Gasteiger partial charge >= 0.3 is 0 Å². The summed E-state index contributed by atoms with van der Waals surface area (Å²) in [5.41, 5.74) is 1.83. The van der Waals surface area contributed by atoms with Crippen molar-refractivity contribution in [1.82, 2.24) is 19.5 Å². The molecular formula is C24H33N5O7. The van der Waals surface area contributed by atoms with Crippen molar-refractivity contribution < 1.29 is 33.9 Å². The van der Waals surface area contributed by atoms with E-state index in [0.717, 1.165) is 12.0 Å². The predicted molar refractivity (Wildman–Crippen MR) is 130 cm³/mol. The van der Waals surface area contributed by atoms with Crippen LogP contribution >= 0.6 is 0 Å². The molecule has 0 saturated carbocycles. The lowest BCUT2D eigenvalue weighted by atomic mass is 10.1. The summed E-state index contributed by atoms with van der Waals surface area (Å²) in [4.78, 5) is 13.2. The van der Waals surface area contributed by atoms with Gasteiger partial charge in [0.25, 0.3) is 0 Å². The van der Waals surface area contributed by atoms with Gasteiger partial charge in [-0.1, -0.05) is 6.92 Å². The minimum Gasteiger partial charge on any atom is -0.493 e. The van der Waals surface area contributed by atoms with Crippen LogP contribution in [0.25, 0.3) is 11.2 Å². The molecule has 12 nitrogen and oxygen atoms in total. The molecule has 0 aliphatic carbocycles. The molecule has 1 aliphatic rings. The Balaban J connectivity index is 1.58. The number of nitrogens with one attached hydrogen (secondary N) is 1. The van der Waals surface area contributed by atoms with Gasteiger partial charge in [0, 0.05) is 6.61 Å². The maximum Gasteiger partial charge on any atom is 0.203 e. The Bertz CT molecular complexity index is 1150. The van der Waals surface area contributed by atoms with Crippen LogP contribution in [-0.4, -0.2) is 82.6 Å². The molecule has 0 bridgehead atoms. The first kappa shape index (κ1) is 25.9. The highest BCUT2D eigenvalue weighted by Gasteiger charge is 2.44. The molecule has 3 heterocycles. The van der Waals surface area contributed by atoms with Crippen molar-refractivity contribution in [2.24, 2.45) is 0 Å². The molecule has 1 fully saturated rings. The lowest BCUT2D eigenvalue weighted by Crippen LogP contribution is -2.33. The highest BCUT2D eigenvalue weighted by molar-refractivity contribution is 5.83. The highest BCUT2D eigenvalue weighted by Crippen LogP contribution is 2.40. The second-order valence-corrected chi connectivity index (χ2v) is 8.49. The van der Waals surface area contributed by atoms with Crippen molar-refractivity contribution in [1.29, 1.82) is 0 Å². The number of fused-ring (bicyclic) bond motifs is 1. The molecule has 1 aromatic carbocycles. The van der Waals surface area contributed by atoms with Crippen LogP contribution in [0, 0.1) is 0 Å². The summed E-state index contributed by atoms with van der Waals surface area (Å²) in [6.45, 7) is 4.69. The summed E-state index contributed by atoms with van der Waals surface area (Å²) in [6, 6.07) is 3.51. The Kier molecular flexibility index (Phi) is 8.09. The SMILES string of the molecule is CCCOC[C@H]1O[C@@H](n2cnc3c(NC(C)c4cc(OC)c(OC)c(OC)c4)ncnc32)[C@@H](O)C1O. The van der Waals surface area contributed by atoms with Gasteiger partial charge in [-0.25, -0.2) is 15.0 Å². The fraction of sp³-hybridized carbons (Fsp3) is 0.542. The first-order valence-electron chi connectivity index (χ1n) is 11.8. The molecule has 1 aliphatic heterocycles. The molecule has 0 amide bonds. The van der Waals surface area contributed by atoms with Crippen molar-refractivity contribution in [3.05, 3.63) is 30.4 Å². The standard InChI is InChI=1S/C24H33N5O7/c1-6-7-35-10-17-19(30)20(31)24(36-17)29-12-27-18-22(25-11-26-23(18)29)28-13(2)14-8-15(32-3)21(34-5)16(9-14)33-4/h8-9,11-13,17,19-20,24,30-31H,6-7,10H2,1-5H3,(H,25,26,28)/t13?,17-,19?,20+,24-/m1/s1. The van der Waals surface area contributed by atoms with E-state index in [1.54, 1.807) is 25.9 Å². The van der Waals surface area contributed by atoms with Crippen LogP contribution in [-0.2, 0) is 9.47 Å². The van der Waals surface area contributed by atoms with E-state index in [-0.39, 0.29) is 12.6 Å². The van der Waals surface area contributed by atoms with Gasteiger partial charge in [-0.3, -0.25) is 4.57 Å². The Morgan fingerprint density at radius 2 is 1.78 bits per heavy atom. The molecular weight excluding hydrogens is 470 g/mol. The van der Waals surface area contributed by atoms with E-state index >= 15 is 0 Å². The molecule has 3 N–H and O–H groups in total. The van der Waals surface area contributed by atoms with E-state index in [4.69, 9.17) is 23.7 Å². The fourth-order valence-corrected chi connectivity index (χ4v) is 4.22. The predicted octanol–water partition coefficient (Wildman–Crippen LogP) is 2.07. The van der Waals surface area contributed by atoms with Crippen LogP contribution in [0.5, 0.6) is 17.2 Å². The van der Waals surface area contributed by atoms with Crippen LogP contribution in [0.2, 0.25) is 0 Å². The number of aromatic nitrogens is 4. The van der Waals surface area contributed by atoms with E-state index in [1.807, 2.05) is 26.0 Å². The number of rotatable bonds is 11.